The lowest BCUT2D eigenvalue weighted by atomic mass is 9.99. The molecule has 0 bridgehead atoms. The molecule has 0 amide bonds. The lowest BCUT2D eigenvalue weighted by Crippen LogP contribution is -2.12. The summed E-state index contributed by atoms with van der Waals surface area (Å²) in [5.74, 6) is -1.18. The molecule has 0 unspecified atom stereocenters. The van der Waals surface area contributed by atoms with E-state index in [0.717, 1.165) is 12.1 Å². The molecule has 0 saturated heterocycles. The van der Waals surface area contributed by atoms with Crippen LogP contribution < -0.4 is 5.14 Å². The third kappa shape index (κ3) is 3.32. The average molecular weight is 346 g/mol. The van der Waals surface area contributed by atoms with Gasteiger partial charge >= 0.3 is 0 Å². The number of primary sulfonamides is 1. The monoisotopic (exact) mass is 346 g/mol. The van der Waals surface area contributed by atoms with E-state index in [9.17, 15) is 17.2 Å². The number of hydrogen-bond donors (Lipinski definition) is 1. The normalized spacial score (nSPS) is 11.5. The third-order valence-corrected chi connectivity index (χ3v) is 4.31. The van der Waals surface area contributed by atoms with Gasteiger partial charge in [0.25, 0.3) is 0 Å². The molecular weight excluding hydrogens is 334 g/mol. The molecule has 0 aliphatic carbocycles. The Morgan fingerprint density at radius 1 is 0.875 bits per heavy atom. The van der Waals surface area contributed by atoms with Gasteiger partial charge in [0.05, 0.1) is 10.6 Å². The second-order valence-corrected chi connectivity index (χ2v) is 6.69. The number of hydrogen-bond acceptors (Lipinski definition) is 3. The van der Waals surface area contributed by atoms with Gasteiger partial charge in [0.1, 0.15) is 11.6 Å². The van der Waals surface area contributed by atoms with E-state index < -0.39 is 21.7 Å². The summed E-state index contributed by atoms with van der Waals surface area (Å²) in [6.07, 6.45) is 1.49. The summed E-state index contributed by atoms with van der Waals surface area (Å²) < 4.78 is 50.3. The molecule has 0 saturated carbocycles. The quantitative estimate of drug-likeness (QED) is 0.790. The second-order valence-electron chi connectivity index (χ2n) is 5.13. The van der Waals surface area contributed by atoms with Crippen LogP contribution in [0, 0.1) is 11.6 Å². The number of nitrogens with two attached hydrogens (primary N) is 1. The largest absolute Gasteiger partial charge is 0.256 e. The van der Waals surface area contributed by atoms with Gasteiger partial charge in [-0.3, -0.25) is 4.98 Å². The van der Waals surface area contributed by atoms with Crippen LogP contribution in [-0.2, 0) is 10.0 Å². The zero-order valence-electron chi connectivity index (χ0n) is 12.3. The summed E-state index contributed by atoms with van der Waals surface area (Å²) in [7, 11) is -4.07. The summed E-state index contributed by atoms with van der Waals surface area (Å²) in [6.45, 7) is 0. The van der Waals surface area contributed by atoms with Gasteiger partial charge in [0.15, 0.2) is 0 Å². The van der Waals surface area contributed by atoms with Gasteiger partial charge in [-0.1, -0.05) is 18.2 Å². The number of halogens is 2. The summed E-state index contributed by atoms with van der Waals surface area (Å²) in [5, 5.41) is 5.08. The van der Waals surface area contributed by atoms with E-state index in [2.05, 4.69) is 4.98 Å². The molecule has 1 aromatic heterocycles. The molecular formula is C17H12F2N2O2S. The van der Waals surface area contributed by atoms with E-state index >= 15 is 0 Å². The van der Waals surface area contributed by atoms with Crippen LogP contribution in [0.25, 0.3) is 22.4 Å². The highest BCUT2D eigenvalue weighted by atomic mass is 32.2. The molecule has 122 valence electrons. The molecule has 0 spiro atoms. The van der Waals surface area contributed by atoms with Gasteiger partial charge in [0, 0.05) is 17.3 Å². The molecule has 24 heavy (non-hydrogen) atoms. The molecule has 4 nitrogen and oxygen atoms in total. The van der Waals surface area contributed by atoms with Crippen LogP contribution in [0.5, 0.6) is 0 Å². The third-order valence-electron chi connectivity index (χ3n) is 3.42. The minimum absolute atomic E-state index is 0.235. The lowest BCUT2D eigenvalue weighted by Gasteiger charge is -2.10. The first kappa shape index (κ1) is 16.2. The molecule has 2 aromatic carbocycles. The van der Waals surface area contributed by atoms with Crippen molar-refractivity contribution in [3.05, 3.63) is 72.4 Å². The fourth-order valence-electron chi connectivity index (χ4n) is 2.39. The van der Waals surface area contributed by atoms with E-state index in [1.54, 1.807) is 24.3 Å². The molecule has 3 aromatic rings. The molecule has 2 N–H and O–H groups in total. The SMILES string of the molecule is NS(=O)(=O)c1cc(F)cc(-c2ncccc2-c2cccc(F)c2)c1. The maximum atomic E-state index is 13.8. The second kappa shape index (κ2) is 6.10. The first-order valence-electron chi connectivity index (χ1n) is 6.89. The highest BCUT2D eigenvalue weighted by Gasteiger charge is 2.15. The number of nitrogens with zero attached hydrogens (tertiary/aromatic N) is 1. The summed E-state index contributed by atoms with van der Waals surface area (Å²) >= 11 is 0. The number of aromatic nitrogens is 1. The van der Waals surface area contributed by atoms with E-state index in [1.807, 2.05) is 0 Å². The topological polar surface area (TPSA) is 73.1 Å². The first-order valence-corrected chi connectivity index (χ1v) is 8.44. The molecule has 1 heterocycles. The highest BCUT2D eigenvalue weighted by molar-refractivity contribution is 7.89. The molecule has 3 rings (SSSR count). The van der Waals surface area contributed by atoms with Crippen LogP contribution in [0.1, 0.15) is 0 Å². The van der Waals surface area contributed by atoms with Crippen LogP contribution in [0.2, 0.25) is 0 Å². The van der Waals surface area contributed by atoms with Crippen LogP contribution in [0.4, 0.5) is 8.78 Å². The maximum absolute atomic E-state index is 13.8. The van der Waals surface area contributed by atoms with E-state index in [0.29, 0.717) is 16.8 Å². The van der Waals surface area contributed by atoms with Gasteiger partial charge in [-0.05, 0) is 42.0 Å². The zero-order chi connectivity index (χ0) is 17.3. The highest BCUT2D eigenvalue weighted by Crippen LogP contribution is 2.32. The van der Waals surface area contributed by atoms with Gasteiger partial charge < -0.3 is 0 Å². The van der Waals surface area contributed by atoms with E-state index in [4.69, 9.17) is 5.14 Å². The Morgan fingerprint density at radius 2 is 1.62 bits per heavy atom. The Morgan fingerprint density at radius 3 is 2.33 bits per heavy atom. The molecule has 0 radical (unpaired) electrons. The van der Waals surface area contributed by atoms with Crippen molar-refractivity contribution >= 4 is 10.0 Å². The van der Waals surface area contributed by atoms with Crippen molar-refractivity contribution in [2.75, 3.05) is 0 Å². The number of benzene rings is 2. The fourth-order valence-corrected chi connectivity index (χ4v) is 2.96. The smallest absolute Gasteiger partial charge is 0.238 e. The van der Waals surface area contributed by atoms with Crippen molar-refractivity contribution in [2.45, 2.75) is 4.90 Å². The molecule has 0 aliphatic rings. The molecule has 0 atom stereocenters. The maximum Gasteiger partial charge on any atom is 0.238 e. The lowest BCUT2D eigenvalue weighted by molar-refractivity contribution is 0.592. The van der Waals surface area contributed by atoms with Gasteiger partial charge in [-0.25, -0.2) is 22.3 Å². The predicted molar refractivity (Wildman–Crippen MR) is 86.4 cm³/mol. The number of rotatable bonds is 3. The van der Waals surface area contributed by atoms with Crippen LogP contribution in [0.3, 0.4) is 0 Å². The van der Waals surface area contributed by atoms with Crippen molar-refractivity contribution in [2.24, 2.45) is 5.14 Å². The van der Waals surface area contributed by atoms with Gasteiger partial charge in [-0.15, -0.1) is 0 Å². The summed E-state index contributed by atoms with van der Waals surface area (Å²) in [4.78, 5) is 3.84. The Hall–Kier alpha value is -2.64. The predicted octanol–water partition coefficient (Wildman–Crippen LogP) is 3.34. The van der Waals surface area contributed by atoms with E-state index in [1.165, 1.54) is 24.4 Å². The Balaban J connectivity index is 2.23. The van der Waals surface area contributed by atoms with E-state index in [-0.39, 0.29) is 10.5 Å². The van der Waals surface area contributed by atoms with Crippen molar-refractivity contribution < 1.29 is 17.2 Å². The van der Waals surface area contributed by atoms with Crippen LogP contribution in [0.15, 0.2) is 65.7 Å². The van der Waals surface area contributed by atoms with Crippen molar-refractivity contribution in [3.63, 3.8) is 0 Å². The van der Waals surface area contributed by atoms with Crippen molar-refractivity contribution in [1.29, 1.82) is 0 Å². The summed E-state index contributed by atoms with van der Waals surface area (Å²) in [5.41, 5.74) is 1.65. The number of pyridine rings is 1. The van der Waals surface area contributed by atoms with Crippen molar-refractivity contribution in [3.8, 4) is 22.4 Å². The fraction of sp³-hybridized carbons (Fsp3) is 0. The number of sulfonamides is 1. The molecule has 7 heteroatoms. The van der Waals surface area contributed by atoms with Crippen LogP contribution >= 0.6 is 0 Å². The first-order chi connectivity index (χ1) is 11.3. The van der Waals surface area contributed by atoms with Gasteiger partial charge in [-0.2, -0.15) is 0 Å². The summed E-state index contributed by atoms with van der Waals surface area (Å²) in [6, 6.07) is 12.4. The molecule has 0 aliphatic heterocycles. The zero-order valence-corrected chi connectivity index (χ0v) is 13.1. The average Bonchev–Trinajstić information content (AvgIpc) is 2.53. The van der Waals surface area contributed by atoms with Gasteiger partial charge in [0.2, 0.25) is 10.0 Å². The Bertz CT molecular complexity index is 1020. The minimum Gasteiger partial charge on any atom is -0.256 e. The molecule has 0 fully saturated rings. The Labute approximate surface area is 137 Å². The van der Waals surface area contributed by atoms with Crippen molar-refractivity contribution in [1.82, 2.24) is 4.98 Å². The Kier molecular flexibility index (Phi) is 4.13. The standard InChI is InChI=1S/C17H12F2N2O2S/c18-13-4-1-3-11(7-13)16-5-2-6-21-17(16)12-8-14(19)10-15(9-12)24(20,22)23/h1-10H,(H2,20,22,23). The van der Waals surface area contributed by atoms with Crippen LogP contribution in [-0.4, -0.2) is 13.4 Å². The minimum atomic E-state index is -4.07.